The molecular formula is C19H19F3IO5S-. The molecule has 2 aliphatic heterocycles. The van der Waals surface area contributed by atoms with Crippen LogP contribution in [0.2, 0.25) is 0 Å². The zero-order valence-corrected chi connectivity index (χ0v) is 18.2. The number of aryl methyl sites for hydroxylation is 2. The molecule has 2 aromatic rings. The Labute approximate surface area is 171 Å². The summed E-state index contributed by atoms with van der Waals surface area (Å²) in [6.45, 7) is 0.729. The summed E-state index contributed by atoms with van der Waals surface area (Å²) in [6, 6.07) is 7.65. The minimum absolute atomic E-state index is 0.264. The molecule has 2 aromatic carbocycles. The van der Waals surface area contributed by atoms with Crippen LogP contribution in [0.25, 0.3) is 0 Å². The summed E-state index contributed by atoms with van der Waals surface area (Å²) in [5.41, 5.74) is 1.49. The molecule has 0 saturated heterocycles. The topological polar surface area (TPSA) is 72.8 Å². The molecule has 1 N–H and O–H groups in total. The van der Waals surface area contributed by atoms with E-state index in [9.17, 15) is 13.0 Å². The molecule has 0 saturated carbocycles. The summed E-state index contributed by atoms with van der Waals surface area (Å²) in [6.07, 6.45) is 2.80. The SMILES string of the molecule is O=S(=O)(O)C(F)(F)[I-](F)(c1ccc2c(c1)OCCC2)c1ccc2c(c1)OCCC2. The fraction of sp³-hybridized carbons (Fsp3) is 0.368. The first kappa shape index (κ1) is 20.7. The van der Waals surface area contributed by atoms with Gasteiger partial charge in [-0.2, -0.15) is 0 Å². The predicted octanol–water partition coefficient (Wildman–Crippen LogP) is 0.859. The third kappa shape index (κ3) is 3.38. The van der Waals surface area contributed by atoms with Crippen molar-refractivity contribution in [2.24, 2.45) is 0 Å². The first-order valence-electron chi connectivity index (χ1n) is 8.98. The molecule has 0 unspecified atom stereocenters. The van der Waals surface area contributed by atoms with Crippen LogP contribution in [0.5, 0.6) is 11.5 Å². The fourth-order valence-electron chi connectivity index (χ4n) is 3.47. The van der Waals surface area contributed by atoms with Gasteiger partial charge in [-0.1, -0.05) is 0 Å². The molecule has 0 radical (unpaired) electrons. The van der Waals surface area contributed by atoms with E-state index in [0.29, 0.717) is 26.1 Å². The number of alkyl halides is 3. The molecule has 2 heterocycles. The van der Waals surface area contributed by atoms with Crippen molar-refractivity contribution in [2.75, 3.05) is 13.2 Å². The van der Waals surface area contributed by atoms with E-state index in [-0.39, 0.29) is 11.5 Å². The van der Waals surface area contributed by atoms with Crippen molar-refractivity contribution in [3.63, 3.8) is 0 Å². The number of hydrogen-bond acceptors (Lipinski definition) is 4. The van der Waals surface area contributed by atoms with Crippen LogP contribution in [-0.4, -0.2) is 29.4 Å². The Kier molecular flexibility index (Phi) is 5.23. The maximum absolute atomic E-state index is 16.4. The first-order valence-corrected chi connectivity index (χ1v) is 14.5. The third-order valence-corrected chi connectivity index (χ3v) is 15.1. The second-order valence-corrected chi connectivity index (χ2v) is 15.7. The van der Waals surface area contributed by atoms with E-state index in [1.807, 2.05) is 0 Å². The van der Waals surface area contributed by atoms with Gasteiger partial charge in [0.2, 0.25) is 0 Å². The first-order chi connectivity index (χ1) is 13.6. The van der Waals surface area contributed by atoms with E-state index >= 15 is 11.6 Å². The van der Waals surface area contributed by atoms with E-state index in [4.69, 9.17) is 9.47 Å². The molecule has 29 heavy (non-hydrogen) atoms. The van der Waals surface area contributed by atoms with Gasteiger partial charge in [0.15, 0.2) is 0 Å². The Hall–Kier alpha value is -1.53. The summed E-state index contributed by atoms with van der Waals surface area (Å²) in [5.74, 6) is 0.527. The molecule has 160 valence electrons. The quantitative estimate of drug-likeness (QED) is 0.352. The van der Waals surface area contributed by atoms with Crippen molar-refractivity contribution >= 4 is 10.1 Å². The Morgan fingerprint density at radius 3 is 1.76 bits per heavy atom. The van der Waals surface area contributed by atoms with Crippen molar-refractivity contribution in [3.8, 4) is 11.5 Å². The number of halogens is 4. The molecule has 0 amide bonds. The maximum atomic E-state index is 16.4. The van der Waals surface area contributed by atoms with Crippen LogP contribution in [-0.2, 0) is 23.0 Å². The summed E-state index contributed by atoms with van der Waals surface area (Å²) in [7, 11) is -6.01. The van der Waals surface area contributed by atoms with Gasteiger partial charge in [0, 0.05) is 0 Å². The average Bonchev–Trinajstić information content (AvgIpc) is 2.71. The fourth-order valence-corrected chi connectivity index (χ4v) is 12.2. The number of ether oxygens (including phenoxy) is 2. The molecule has 0 aromatic heterocycles. The van der Waals surface area contributed by atoms with Gasteiger partial charge in [0.05, 0.1) is 0 Å². The second kappa shape index (κ2) is 7.31. The van der Waals surface area contributed by atoms with Gasteiger partial charge in [-0.25, -0.2) is 0 Å². The average molecular weight is 543 g/mol. The van der Waals surface area contributed by atoms with Gasteiger partial charge in [0.25, 0.3) is 0 Å². The van der Waals surface area contributed by atoms with E-state index in [0.717, 1.165) is 36.1 Å². The van der Waals surface area contributed by atoms with Gasteiger partial charge in [-0.15, -0.1) is 0 Å². The molecule has 10 heteroatoms. The number of benzene rings is 2. The summed E-state index contributed by atoms with van der Waals surface area (Å²) in [4.78, 5) is 0. The molecule has 0 aliphatic carbocycles. The van der Waals surface area contributed by atoms with Crippen molar-refractivity contribution in [2.45, 2.75) is 28.9 Å². The summed E-state index contributed by atoms with van der Waals surface area (Å²) >= 11 is -6.39. The molecule has 0 spiro atoms. The summed E-state index contributed by atoms with van der Waals surface area (Å²) in [5, 5.41) is 0. The summed E-state index contributed by atoms with van der Waals surface area (Å²) < 4.78 is 83.9. The Bertz CT molecular complexity index is 998. The van der Waals surface area contributed by atoms with Crippen LogP contribution in [0.3, 0.4) is 0 Å². The van der Waals surface area contributed by atoms with Gasteiger partial charge < -0.3 is 0 Å². The van der Waals surface area contributed by atoms with E-state index < -0.39 is 39.5 Å². The molecule has 0 bridgehead atoms. The molecular weight excluding hydrogens is 524 g/mol. The van der Waals surface area contributed by atoms with E-state index in [2.05, 4.69) is 0 Å². The van der Waals surface area contributed by atoms with E-state index in [1.165, 1.54) is 24.3 Å². The Morgan fingerprint density at radius 1 is 0.897 bits per heavy atom. The van der Waals surface area contributed by atoms with Crippen molar-refractivity contribution in [3.05, 3.63) is 54.7 Å². The van der Waals surface area contributed by atoms with Crippen LogP contribution >= 0.6 is 0 Å². The monoisotopic (exact) mass is 543 g/mol. The molecule has 2 aliphatic rings. The van der Waals surface area contributed by atoms with Crippen molar-refractivity contribution < 1.29 is 53.1 Å². The molecule has 0 fully saturated rings. The molecule has 0 atom stereocenters. The van der Waals surface area contributed by atoms with Crippen LogP contribution in [0.1, 0.15) is 24.0 Å². The van der Waals surface area contributed by atoms with Crippen molar-refractivity contribution in [1.82, 2.24) is 0 Å². The van der Waals surface area contributed by atoms with Crippen LogP contribution in [0, 0.1) is 7.14 Å². The number of hydrogen-bond donors (Lipinski definition) is 1. The number of rotatable bonds is 4. The molecule has 4 rings (SSSR count). The van der Waals surface area contributed by atoms with Gasteiger partial charge >= 0.3 is 172 Å². The Balaban J connectivity index is 1.94. The third-order valence-electron chi connectivity index (χ3n) is 4.95. The minimum atomic E-state index is -6.39. The predicted molar refractivity (Wildman–Crippen MR) is 95.5 cm³/mol. The van der Waals surface area contributed by atoms with Gasteiger partial charge in [0.1, 0.15) is 0 Å². The van der Waals surface area contributed by atoms with Crippen LogP contribution in [0.15, 0.2) is 36.4 Å². The number of fused-ring (bicyclic) bond motifs is 2. The standard InChI is InChI=1S/C19H19F3IO5S/c20-19(21,29(24,25)26)23(22,15-7-5-13-3-1-9-27-17(13)11-15)16-8-6-14-4-2-10-28-18(14)12-16/h5-8,11-12H,1-4,9-10H2,(H,24,25,26)/q-1. The zero-order chi connectivity index (χ0) is 20.9. The Morgan fingerprint density at radius 2 is 1.34 bits per heavy atom. The normalized spacial score (nSPS) is 17.5. The molecule has 5 nitrogen and oxygen atoms in total. The van der Waals surface area contributed by atoms with Gasteiger partial charge in [-0.05, 0) is 0 Å². The second-order valence-electron chi connectivity index (χ2n) is 6.83. The zero-order valence-electron chi connectivity index (χ0n) is 15.2. The van der Waals surface area contributed by atoms with Gasteiger partial charge in [-0.3, -0.25) is 0 Å². The van der Waals surface area contributed by atoms with E-state index in [1.54, 1.807) is 0 Å². The van der Waals surface area contributed by atoms with Crippen LogP contribution < -0.4 is 28.5 Å². The van der Waals surface area contributed by atoms with Crippen LogP contribution in [0.4, 0.5) is 11.6 Å². The van der Waals surface area contributed by atoms with Crippen molar-refractivity contribution in [1.29, 1.82) is 0 Å².